The molecule has 0 heterocycles. The van der Waals surface area contributed by atoms with Crippen LogP contribution in [0, 0.1) is 34.0 Å². The molecule has 6 heteroatoms. The van der Waals surface area contributed by atoms with Gasteiger partial charge in [0, 0.05) is 0 Å². The molecule has 0 saturated heterocycles. The minimum atomic E-state index is -1.87. The zero-order chi connectivity index (χ0) is 14.2. The maximum absolute atomic E-state index is 11.9. The number of carbonyl (C=O) groups excluding carboxylic acids is 2. The fourth-order valence-electron chi connectivity index (χ4n) is 1.58. The summed E-state index contributed by atoms with van der Waals surface area (Å²) in [7, 11) is 0. The highest BCUT2D eigenvalue weighted by Gasteiger charge is 2.54. The lowest BCUT2D eigenvalue weighted by Crippen LogP contribution is -2.46. The van der Waals surface area contributed by atoms with E-state index in [2.05, 4.69) is 0 Å². The van der Waals surface area contributed by atoms with Gasteiger partial charge in [-0.15, -0.1) is 0 Å². The normalized spacial score (nSPS) is 10.3. The van der Waals surface area contributed by atoms with Gasteiger partial charge in [0.15, 0.2) is 11.3 Å². The molecule has 0 atom stereocenters. The summed E-state index contributed by atoms with van der Waals surface area (Å²) in [5, 5.41) is 17.9. The molecule has 18 heavy (non-hydrogen) atoms. The zero-order valence-electron chi connectivity index (χ0n) is 10.7. The SMILES string of the molecule is CCOC(=O)C(CC)(C(=O)OCC)C(C#N)C#N. The summed E-state index contributed by atoms with van der Waals surface area (Å²) in [6.07, 6.45) is -0.0313. The van der Waals surface area contributed by atoms with Crippen molar-refractivity contribution in [1.29, 1.82) is 10.5 Å². The highest BCUT2D eigenvalue weighted by Crippen LogP contribution is 2.34. The molecule has 0 bridgehead atoms. The lowest BCUT2D eigenvalue weighted by atomic mass is 9.74. The molecule has 0 aliphatic heterocycles. The standard InChI is InChI=1S/C12H16N2O4/c1-4-12(9(7-13)8-14,10(15)17-5-2)11(16)18-6-3/h9H,4-6H2,1-3H3. The van der Waals surface area contributed by atoms with Crippen LogP contribution in [0.4, 0.5) is 0 Å². The molecule has 0 N–H and O–H groups in total. The van der Waals surface area contributed by atoms with E-state index in [1.165, 1.54) is 6.92 Å². The Morgan fingerprint density at radius 3 is 1.67 bits per heavy atom. The van der Waals surface area contributed by atoms with Crippen molar-refractivity contribution in [3.63, 3.8) is 0 Å². The summed E-state index contributed by atoms with van der Waals surface area (Å²) in [4.78, 5) is 23.9. The average molecular weight is 252 g/mol. The lowest BCUT2D eigenvalue weighted by Gasteiger charge is -2.28. The number of ether oxygens (including phenoxy) is 2. The van der Waals surface area contributed by atoms with Crippen molar-refractivity contribution in [1.82, 2.24) is 0 Å². The van der Waals surface area contributed by atoms with Crippen molar-refractivity contribution in [2.45, 2.75) is 27.2 Å². The van der Waals surface area contributed by atoms with E-state index in [9.17, 15) is 9.59 Å². The summed E-state index contributed by atoms with van der Waals surface area (Å²) in [5.41, 5.74) is -1.87. The number of rotatable bonds is 6. The monoisotopic (exact) mass is 252 g/mol. The maximum Gasteiger partial charge on any atom is 0.325 e. The number of carbonyl (C=O) groups is 2. The van der Waals surface area contributed by atoms with Gasteiger partial charge in [-0.3, -0.25) is 9.59 Å². The van der Waals surface area contributed by atoms with Crippen molar-refractivity contribution >= 4 is 11.9 Å². The smallest absolute Gasteiger partial charge is 0.325 e. The summed E-state index contributed by atoms with van der Waals surface area (Å²) in [6.45, 7) is 4.82. The number of hydrogen-bond acceptors (Lipinski definition) is 6. The molecular weight excluding hydrogens is 236 g/mol. The van der Waals surface area contributed by atoms with Gasteiger partial charge in [0.1, 0.15) is 0 Å². The molecule has 6 nitrogen and oxygen atoms in total. The first-order chi connectivity index (χ1) is 8.54. The molecule has 98 valence electrons. The third-order valence-corrected chi connectivity index (χ3v) is 2.59. The predicted molar refractivity (Wildman–Crippen MR) is 60.7 cm³/mol. The summed E-state index contributed by atoms with van der Waals surface area (Å²) in [6, 6.07) is 3.32. The third-order valence-electron chi connectivity index (χ3n) is 2.59. The molecule has 0 aliphatic carbocycles. The van der Waals surface area contributed by atoms with Crippen molar-refractivity contribution in [2.24, 2.45) is 11.3 Å². The van der Waals surface area contributed by atoms with E-state index in [4.69, 9.17) is 20.0 Å². The van der Waals surface area contributed by atoms with Gasteiger partial charge in [-0.2, -0.15) is 10.5 Å². The van der Waals surface area contributed by atoms with Crippen LogP contribution in [0.3, 0.4) is 0 Å². The van der Waals surface area contributed by atoms with Gasteiger partial charge in [-0.1, -0.05) is 6.92 Å². The molecule has 0 unspecified atom stereocenters. The Morgan fingerprint density at radius 1 is 1.06 bits per heavy atom. The van der Waals surface area contributed by atoms with Crippen LogP contribution < -0.4 is 0 Å². The zero-order valence-corrected chi connectivity index (χ0v) is 10.7. The van der Waals surface area contributed by atoms with Gasteiger partial charge in [0.25, 0.3) is 0 Å². The second-order valence-electron chi connectivity index (χ2n) is 3.46. The fourth-order valence-corrected chi connectivity index (χ4v) is 1.58. The van der Waals surface area contributed by atoms with Crippen LogP contribution in [0.15, 0.2) is 0 Å². The minimum Gasteiger partial charge on any atom is -0.465 e. The number of hydrogen-bond donors (Lipinski definition) is 0. The summed E-state index contributed by atoms with van der Waals surface area (Å²) < 4.78 is 9.62. The van der Waals surface area contributed by atoms with E-state index >= 15 is 0 Å². The summed E-state index contributed by atoms with van der Waals surface area (Å²) >= 11 is 0. The molecule has 0 fully saturated rings. The molecule has 0 saturated carbocycles. The number of nitriles is 2. The molecule has 0 spiro atoms. The first kappa shape index (κ1) is 15.9. The first-order valence-electron chi connectivity index (χ1n) is 5.68. The Kier molecular flexibility index (Phi) is 6.44. The second kappa shape index (κ2) is 7.29. The number of esters is 2. The van der Waals surface area contributed by atoms with Gasteiger partial charge in [-0.05, 0) is 20.3 Å². The minimum absolute atomic E-state index is 0.0313. The van der Waals surface area contributed by atoms with Crippen LogP contribution in [0.1, 0.15) is 27.2 Å². The molecular formula is C12H16N2O4. The van der Waals surface area contributed by atoms with Crippen LogP contribution in [-0.4, -0.2) is 25.2 Å². The Bertz CT molecular complexity index is 360. The first-order valence-corrected chi connectivity index (χ1v) is 5.68. The van der Waals surface area contributed by atoms with E-state index in [-0.39, 0.29) is 19.6 Å². The van der Waals surface area contributed by atoms with Crippen LogP contribution in [-0.2, 0) is 19.1 Å². The molecule has 0 radical (unpaired) electrons. The van der Waals surface area contributed by atoms with Crippen LogP contribution in [0.25, 0.3) is 0 Å². The predicted octanol–water partition coefficient (Wildman–Crippen LogP) is 1.17. The quantitative estimate of drug-likeness (QED) is 0.519. The fraction of sp³-hybridized carbons (Fsp3) is 0.667. The largest absolute Gasteiger partial charge is 0.465 e. The molecule has 0 aromatic carbocycles. The maximum atomic E-state index is 11.9. The van der Waals surface area contributed by atoms with E-state index in [0.717, 1.165) is 0 Å². The second-order valence-corrected chi connectivity index (χ2v) is 3.46. The van der Waals surface area contributed by atoms with Gasteiger partial charge >= 0.3 is 11.9 Å². The lowest BCUT2D eigenvalue weighted by molar-refractivity contribution is -0.174. The van der Waals surface area contributed by atoms with E-state index in [1.807, 2.05) is 0 Å². The number of nitrogens with zero attached hydrogens (tertiary/aromatic N) is 2. The van der Waals surface area contributed by atoms with Crippen molar-refractivity contribution < 1.29 is 19.1 Å². The van der Waals surface area contributed by atoms with E-state index in [1.54, 1.807) is 26.0 Å². The van der Waals surface area contributed by atoms with E-state index in [0.29, 0.717) is 0 Å². The van der Waals surface area contributed by atoms with Crippen molar-refractivity contribution in [3.05, 3.63) is 0 Å². The van der Waals surface area contributed by atoms with Crippen LogP contribution in [0.5, 0.6) is 0 Å². The van der Waals surface area contributed by atoms with Gasteiger partial charge in [0.05, 0.1) is 25.4 Å². The molecule has 0 rings (SSSR count). The molecule has 0 aromatic heterocycles. The third kappa shape index (κ3) is 2.78. The summed E-state index contributed by atoms with van der Waals surface area (Å²) in [5.74, 6) is -3.21. The van der Waals surface area contributed by atoms with Crippen LogP contribution in [0.2, 0.25) is 0 Å². The van der Waals surface area contributed by atoms with E-state index < -0.39 is 23.3 Å². The van der Waals surface area contributed by atoms with Crippen molar-refractivity contribution in [3.8, 4) is 12.1 Å². The van der Waals surface area contributed by atoms with Gasteiger partial charge in [0.2, 0.25) is 0 Å². The topological polar surface area (TPSA) is 100 Å². The Hall–Kier alpha value is -2.08. The molecule has 0 aliphatic rings. The average Bonchev–Trinajstić information content (AvgIpc) is 2.36. The molecule has 0 aromatic rings. The Morgan fingerprint density at radius 2 is 1.44 bits per heavy atom. The highest BCUT2D eigenvalue weighted by molar-refractivity contribution is 6.01. The van der Waals surface area contributed by atoms with Crippen LogP contribution >= 0.6 is 0 Å². The van der Waals surface area contributed by atoms with Crippen molar-refractivity contribution in [2.75, 3.05) is 13.2 Å². The Labute approximate surface area is 106 Å². The Balaban J connectivity index is 5.63. The highest BCUT2D eigenvalue weighted by atomic mass is 16.6. The molecule has 0 amide bonds. The van der Waals surface area contributed by atoms with Gasteiger partial charge < -0.3 is 9.47 Å². The van der Waals surface area contributed by atoms with Gasteiger partial charge in [-0.25, -0.2) is 0 Å².